The number of fused-ring (bicyclic) bond motifs is 1. The summed E-state index contributed by atoms with van der Waals surface area (Å²) in [4.78, 5) is 16.7. The van der Waals surface area contributed by atoms with E-state index in [1.165, 1.54) is 0 Å². The Balaban J connectivity index is 1.90. The second-order valence-electron chi connectivity index (χ2n) is 3.62. The molecule has 1 atom stereocenters. The third kappa shape index (κ3) is 1.95. The first-order valence-corrected chi connectivity index (χ1v) is 6.71. The maximum absolute atomic E-state index is 11.4. The first-order chi connectivity index (χ1) is 8.24. The maximum Gasteiger partial charge on any atom is 0.245 e. The van der Waals surface area contributed by atoms with Gasteiger partial charge in [0.2, 0.25) is 5.91 Å². The average molecular weight is 263 g/mol. The molecule has 1 amide bonds. The third-order valence-corrected chi connectivity index (χ3v) is 4.39. The average Bonchev–Trinajstić information content (AvgIpc) is 2.89. The van der Waals surface area contributed by atoms with Gasteiger partial charge in [-0.1, -0.05) is 17.8 Å². The van der Waals surface area contributed by atoms with Crippen LogP contribution in [0.4, 0.5) is 5.69 Å². The lowest BCUT2D eigenvalue weighted by Gasteiger charge is -2.03. The van der Waals surface area contributed by atoms with E-state index in [1.54, 1.807) is 29.3 Å². The zero-order valence-corrected chi connectivity index (χ0v) is 10.3. The van der Waals surface area contributed by atoms with Gasteiger partial charge in [0.25, 0.3) is 0 Å². The van der Waals surface area contributed by atoms with Gasteiger partial charge in [0.05, 0.1) is 0 Å². The van der Waals surface area contributed by atoms with Gasteiger partial charge in [-0.3, -0.25) is 4.79 Å². The molecule has 0 bridgehead atoms. The number of nitrogens with two attached hydrogens (primary N) is 1. The Bertz CT molecular complexity index is 568. The van der Waals surface area contributed by atoms with Crippen LogP contribution >= 0.6 is 23.1 Å². The van der Waals surface area contributed by atoms with Crippen molar-refractivity contribution in [1.29, 1.82) is 0 Å². The zero-order valence-electron chi connectivity index (χ0n) is 8.71. The van der Waals surface area contributed by atoms with Crippen molar-refractivity contribution in [2.24, 2.45) is 5.73 Å². The molecule has 0 radical (unpaired) electrons. The van der Waals surface area contributed by atoms with Gasteiger partial charge >= 0.3 is 0 Å². The Morgan fingerprint density at radius 3 is 3.12 bits per heavy atom. The molecule has 1 aliphatic heterocycles. The molecule has 3 N–H and O–H groups in total. The number of carbonyl (C=O) groups excluding carboxylic acids is 1. The minimum atomic E-state index is -0.538. The summed E-state index contributed by atoms with van der Waals surface area (Å²) in [7, 11) is 0. The lowest BCUT2D eigenvalue weighted by atomic mass is 10.1. The number of nitrogens with zero attached hydrogens (tertiary/aromatic N) is 1. The topological polar surface area (TPSA) is 68.0 Å². The number of anilines is 1. The van der Waals surface area contributed by atoms with Crippen LogP contribution in [0.15, 0.2) is 39.0 Å². The molecule has 17 heavy (non-hydrogen) atoms. The number of hydrogen-bond donors (Lipinski definition) is 2. The molecule has 0 aliphatic carbocycles. The standard InChI is InChI=1S/C11H9N3OS2/c12-9-7-2-1-6(5-8(7)14-10(9)15)17-11-13-3-4-16-11/h1-5,9H,12H2,(H,14,15). The van der Waals surface area contributed by atoms with Gasteiger partial charge in [0.15, 0.2) is 4.34 Å². The van der Waals surface area contributed by atoms with Gasteiger partial charge in [-0.25, -0.2) is 4.98 Å². The summed E-state index contributed by atoms with van der Waals surface area (Å²) in [6, 6.07) is 5.26. The fraction of sp³-hybridized carbons (Fsp3) is 0.0909. The number of rotatable bonds is 2. The summed E-state index contributed by atoms with van der Waals surface area (Å²) in [6.45, 7) is 0. The van der Waals surface area contributed by atoms with Gasteiger partial charge in [0, 0.05) is 27.7 Å². The van der Waals surface area contributed by atoms with E-state index >= 15 is 0 Å². The van der Waals surface area contributed by atoms with Crippen molar-refractivity contribution in [2.45, 2.75) is 15.3 Å². The molecule has 2 heterocycles. The van der Waals surface area contributed by atoms with Gasteiger partial charge in [-0.05, 0) is 12.1 Å². The van der Waals surface area contributed by atoms with E-state index in [-0.39, 0.29) is 5.91 Å². The minimum absolute atomic E-state index is 0.142. The van der Waals surface area contributed by atoms with Crippen molar-refractivity contribution in [3.8, 4) is 0 Å². The number of amides is 1. The Morgan fingerprint density at radius 2 is 2.35 bits per heavy atom. The van der Waals surface area contributed by atoms with Crippen LogP contribution in [0.2, 0.25) is 0 Å². The highest BCUT2D eigenvalue weighted by Crippen LogP contribution is 2.36. The number of aromatic nitrogens is 1. The fourth-order valence-electron chi connectivity index (χ4n) is 1.69. The van der Waals surface area contributed by atoms with E-state index in [4.69, 9.17) is 5.73 Å². The van der Waals surface area contributed by atoms with E-state index < -0.39 is 6.04 Å². The largest absolute Gasteiger partial charge is 0.324 e. The van der Waals surface area contributed by atoms with Gasteiger partial charge in [0.1, 0.15) is 6.04 Å². The molecule has 2 aromatic rings. The lowest BCUT2D eigenvalue weighted by Crippen LogP contribution is -2.19. The summed E-state index contributed by atoms with van der Waals surface area (Å²) in [5.41, 5.74) is 7.42. The van der Waals surface area contributed by atoms with Crippen molar-refractivity contribution >= 4 is 34.7 Å². The molecule has 1 aromatic heterocycles. The zero-order chi connectivity index (χ0) is 11.8. The highest BCUT2D eigenvalue weighted by molar-refractivity contribution is 8.01. The first kappa shape index (κ1) is 10.8. The highest BCUT2D eigenvalue weighted by Gasteiger charge is 2.26. The normalized spacial score (nSPS) is 17.9. The van der Waals surface area contributed by atoms with Crippen LogP contribution in [0.5, 0.6) is 0 Å². The van der Waals surface area contributed by atoms with Crippen LogP contribution in [-0.4, -0.2) is 10.9 Å². The minimum Gasteiger partial charge on any atom is -0.324 e. The molecule has 86 valence electrons. The maximum atomic E-state index is 11.4. The summed E-state index contributed by atoms with van der Waals surface area (Å²) >= 11 is 3.17. The molecular weight excluding hydrogens is 254 g/mol. The van der Waals surface area contributed by atoms with Gasteiger partial charge < -0.3 is 11.1 Å². The SMILES string of the molecule is NC1C(=O)Nc2cc(Sc3nccs3)ccc21. The van der Waals surface area contributed by atoms with E-state index in [1.807, 2.05) is 23.6 Å². The Kier molecular flexibility index (Phi) is 2.62. The van der Waals surface area contributed by atoms with Crippen LogP contribution in [0.1, 0.15) is 11.6 Å². The monoisotopic (exact) mass is 263 g/mol. The lowest BCUT2D eigenvalue weighted by molar-refractivity contribution is -0.116. The molecule has 1 aliphatic rings. The Labute approximate surface area is 106 Å². The van der Waals surface area contributed by atoms with Crippen molar-refractivity contribution in [1.82, 2.24) is 4.98 Å². The molecule has 0 fully saturated rings. The van der Waals surface area contributed by atoms with E-state index in [9.17, 15) is 4.79 Å². The summed E-state index contributed by atoms with van der Waals surface area (Å²) in [6.07, 6.45) is 1.78. The summed E-state index contributed by atoms with van der Waals surface area (Å²) in [5.74, 6) is -0.142. The molecule has 6 heteroatoms. The molecule has 4 nitrogen and oxygen atoms in total. The molecule has 1 aromatic carbocycles. The predicted molar refractivity (Wildman–Crippen MR) is 68.2 cm³/mol. The molecular formula is C11H9N3OS2. The number of nitrogens with one attached hydrogen (secondary N) is 1. The van der Waals surface area contributed by atoms with E-state index in [0.29, 0.717) is 0 Å². The summed E-state index contributed by atoms with van der Waals surface area (Å²) < 4.78 is 0.985. The predicted octanol–water partition coefficient (Wildman–Crippen LogP) is 2.25. The van der Waals surface area contributed by atoms with Crippen LogP contribution in [0.25, 0.3) is 0 Å². The quantitative estimate of drug-likeness (QED) is 0.872. The van der Waals surface area contributed by atoms with Crippen molar-refractivity contribution in [2.75, 3.05) is 5.32 Å². The Hall–Kier alpha value is -1.37. The number of benzene rings is 1. The van der Waals surface area contributed by atoms with Crippen molar-refractivity contribution in [3.63, 3.8) is 0 Å². The molecule has 0 saturated carbocycles. The van der Waals surface area contributed by atoms with E-state index in [2.05, 4.69) is 10.3 Å². The first-order valence-electron chi connectivity index (χ1n) is 5.02. The number of hydrogen-bond acceptors (Lipinski definition) is 5. The molecule has 3 rings (SSSR count). The smallest absolute Gasteiger partial charge is 0.245 e. The molecule has 0 spiro atoms. The van der Waals surface area contributed by atoms with Crippen molar-refractivity contribution < 1.29 is 4.79 Å². The fourth-order valence-corrected chi connectivity index (χ4v) is 3.33. The molecule has 0 saturated heterocycles. The summed E-state index contributed by atoms with van der Waals surface area (Å²) in [5, 5.41) is 4.71. The van der Waals surface area contributed by atoms with E-state index in [0.717, 1.165) is 20.5 Å². The highest BCUT2D eigenvalue weighted by atomic mass is 32.2. The molecule has 1 unspecified atom stereocenters. The number of carbonyl (C=O) groups is 1. The van der Waals surface area contributed by atoms with Crippen LogP contribution in [-0.2, 0) is 4.79 Å². The van der Waals surface area contributed by atoms with Gasteiger partial charge in [-0.15, -0.1) is 11.3 Å². The second kappa shape index (κ2) is 4.14. The van der Waals surface area contributed by atoms with Crippen LogP contribution in [0.3, 0.4) is 0 Å². The van der Waals surface area contributed by atoms with Gasteiger partial charge in [-0.2, -0.15) is 0 Å². The number of thiazole rings is 1. The van der Waals surface area contributed by atoms with Crippen molar-refractivity contribution in [3.05, 3.63) is 35.3 Å². The third-order valence-electron chi connectivity index (χ3n) is 2.51. The second-order valence-corrected chi connectivity index (χ2v) is 5.83. The Morgan fingerprint density at radius 1 is 1.47 bits per heavy atom. The van der Waals surface area contributed by atoms with Crippen LogP contribution < -0.4 is 11.1 Å². The van der Waals surface area contributed by atoms with Crippen LogP contribution in [0, 0.1) is 0 Å².